The normalized spacial score (nSPS) is 17.6. The van der Waals surface area contributed by atoms with Crippen molar-refractivity contribution in [1.82, 2.24) is 24.7 Å². The number of nitrogen functional groups attached to an aromatic ring is 1. The largest absolute Gasteiger partial charge is 0.493 e. The summed E-state index contributed by atoms with van der Waals surface area (Å²) in [6.07, 6.45) is 8.62. The number of rotatable bonds is 3. The highest BCUT2D eigenvalue weighted by molar-refractivity contribution is 5.86. The first-order chi connectivity index (χ1) is 14.7. The molecular formula is C22H24N6O2. The lowest BCUT2D eigenvalue weighted by Gasteiger charge is -2.25. The average Bonchev–Trinajstić information content (AvgIpc) is 3.35. The van der Waals surface area contributed by atoms with Gasteiger partial charge in [-0.15, -0.1) is 0 Å². The molecule has 4 heterocycles. The molecule has 0 spiro atoms. The first-order valence-electron chi connectivity index (χ1n) is 10.1. The summed E-state index contributed by atoms with van der Waals surface area (Å²) in [6, 6.07) is 10.5. The summed E-state index contributed by atoms with van der Waals surface area (Å²) in [5.74, 6) is 3.04. The summed E-state index contributed by atoms with van der Waals surface area (Å²) in [6.45, 7) is 0.655. The van der Waals surface area contributed by atoms with Crippen LogP contribution in [0.15, 0.2) is 49.1 Å². The predicted molar refractivity (Wildman–Crippen MR) is 114 cm³/mol. The van der Waals surface area contributed by atoms with E-state index in [1.807, 2.05) is 29.1 Å². The number of hydrogen-bond acceptors (Lipinski definition) is 6. The van der Waals surface area contributed by atoms with Crippen LogP contribution >= 0.6 is 0 Å². The van der Waals surface area contributed by atoms with Crippen molar-refractivity contribution in [3.8, 4) is 11.5 Å². The third-order valence-corrected chi connectivity index (χ3v) is 5.54. The third-order valence-electron chi connectivity index (χ3n) is 5.54. The summed E-state index contributed by atoms with van der Waals surface area (Å²) in [7, 11) is 1.65. The van der Waals surface area contributed by atoms with Crippen LogP contribution in [0, 0.1) is 0 Å². The minimum absolute atomic E-state index is 0.244. The molecular weight excluding hydrogens is 380 g/mol. The second kappa shape index (κ2) is 7.70. The number of aromatic nitrogens is 5. The SMILES string of the molecule is COc1cnn(C2COc3ccccc3C2)c1.Nc1ncnc2[nH]c(C3CC3)cc12. The van der Waals surface area contributed by atoms with Gasteiger partial charge in [0.2, 0.25) is 0 Å². The third kappa shape index (κ3) is 3.68. The minimum Gasteiger partial charge on any atom is -0.493 e. The standard InChI is InChI=1S/C13H14N2O2.C9H10N4/c1-16-12-7-14-15(8-12)11-6-10-4-2-3-5-13(10)17-9-11;10-8-6-3-7(5-1-2-5)13-9(6)12-4-11-8/h2-5,7-8,11H,6,9H2,1H3;3-5H,1-2H2,(H3,10,11,12,13). The summed E-state index contributed by atoms with van der Waals surface area (Å²) in [5.41, 5.74) is 9.06. The number of anilines is 1. The van der Waals surface area contributed by atoms with E-state index in [0.29, 0.717) is 18.3 Å². The Hall–Kier alpha value is -3.55. The van der Waals surface area contributed by atoms with E-state index < -0.39 is 0 Å². The zero-order valence-electron chi connectivity index (χ0n) is 16.8. The Morgan fingerprint density at radius 3 is 2.87 bits per heavy atom. The van der Waals surface area contributed by atoms with Crippen LogP contribution in [0.2, 0.25) is 0 Å². The van der Waals surface area contributed by atoms with Crippen molar-refractivity contribution in [3.63, 3.8) is 0 Å². The summed E-state index contributed by atoms with van der Waals surface area (Å²) in [5, 5.41) is 5.24. The van der Waals surface area contributed by atoms with Gasteiger partial charge in [-0.1, -0.05) is 18.2 Å². The Morgan fingerprint density at radius 1 is 1.23 bits per heavy atom. The van der Waals surface area contributed by atoms with Gasteiger partial charge in [0.25, 0.3) is 0 Å². The van der Waals surface area contributed by atoms with Gasteiger partial charge in [-0.3, -0.25) is 4.68 Å². The van der Waals surface area contributed by atoms with Crippen molar-refractivity contribution in [1.29, 1.82) is 0 Å². The number of para-hydroxylation sites is 1. The van der Waals surface area contributed by atoms with E-state index in [1.165, 1.54) is 30.4 Å². The van der Waals surface area contributed by atoms with Crippen molar-refractivity contribution in [2.24, 2.45) is 0 Å². The molecule has 1 aliphatic carbocycles. The number of H-pyrrole nitrogens is 1. The Kier molecular flexibility index (Phi) is 4.74. The van der Waals surface area contributed by atoms with E-state index in [9.17, 15) is 0 Å². The zero-order valence-corrected chi connectivity index (χ0v) is 16.8. The van der Waals surface area contributed by atoms with Crippen molar-refractivity contribution in [2.75, 3.05) is 19.5 Å². The average molecular weight is 404 g/mol. The molecule has 1 aliphatic heterocycles. The molecule has 1 aromatic carbocycles. The van der Waals surface area contributed by atoms with E-state index >= 15 is 0 Å². The second-order valence-corrected chi connectivity index (χ2v) is 7.66. The van der Waals surface area contributed by atoms with Crippen LogP contribution in [0.1, 0.15) is 36.1 Å². The molecule has 6 rings (SSSR count). The van der Waals surface area contributed by atoms with Crippen molar-refractivity contribution < 1.29 is 9.47 Å². The molecule has 0 radical (unpaired) electrons. The van der Waals surface area contributed by atoms with E-state index in [2.05, 4.69) is 32.2 Å². The minimum atomic E-state index is 0.244. The number of nitrogens with two attached hydrogens (primary N) is 1. The molecule has 4 aromatic rings. The van der Waals surface area contributed by atoms with Crippen molar-refractivity contribution >= 4 is 16.9 Å². The number of benzene rings is 1. The summed E-state index contributed by atoms with van der Waals surface area (Å²) >= 11 is 0. The zero-order chi connectivity index (χ0) is 20.5. The van der Waals surface area contributed by atoms with Gasteiger partial charge in [0.05, 0.1) is 30.9 Å². The highest BCUT2D eigenvalue weighted by atomic mass is 16.5. The molecule has 1 unspecified atom stereocenters. The number of ether oxygens (including phenoxy) is 2. The summed E-state index contributed by atoms with van der Waals surface area (Å²) < 4.78 is 12.8. The maximum Gasteiger partial charge on any atom is 0.156 e. The topological polar surface area (TPSA) is 104 Å². The second-order valence-electron chi connectivity index (χ2n) is 7.66. The molecule has 0 amide bonds. The fourth-order valence-electron chi connectivity index (χ4n) is 3.70. The predicted octanol–water partition coefficient (Wildman–Crippen LogP) is 3.49. The van der Waals surface area contributed by atoms with Gasteiger partial charge in [0.1, 0.15) is 30.1 Å². The summed E-state index contributed by atoms with van der Waals surface area (Å²) in [4.78, 5) is 11.3. The molecule has 1 atom stereocenters. The van der Waals surface area contributed by atoms with E-state index in [1.54, 1.807) is 13.3 Å². The Balaban J connectivity index is 0.000000133. The fourth-order valence-corrected chi connectivity index (χ4v) is 3.70. The van der Waals surface area contributed by atoms with Gasteiger partial charge in [-0.25, -0.2) is 9.97 Å². The van der Waals surface area contributed by atoms with Crippen LogP contribution in [0.3, 0.4) is 0 Å². The van der Waals surface area contributed by atoms with Crippen LogP contribution in [-0.2, 0) is 6.42 Å². The Bertz CT molecular complexity index is 1160. The van der Waals surface area contributed by atoms with Crippen LogP contribution in [0.4, 0.5) is 5.82 Å². The Labute approximate surface area is 174 Å². The van der Waals surface area contributed by atoms with Gasteiger partial charge in [-0.05, 0) is 36.5 Å². The maximum absolute atomic E-state index is 5.73. The van der Waals surface area contributed by atoms with E-state index in [-0.39, 0.29) is 6.04 Å². The fraction of sp³-hybridized carbons (Fsp3) is 0.318. The monoisotopic (exact) mass is 404 g/mol. The quantitative estimate of drug-likeness (QED) is 0.542. The van der Waals surface area contributed by atoms with E-state index in [4.69, 9.17) is 15.2 Å². The molecule has 3 aromatic heterocycles. The molecule has 0 bridgehead atoms. The molecule has 30 heavy (non-hydrogen) atoms. The van der Waals surface area contributed by atoms with Gasteiger partial charge < -0.3 is 20.2 Å². The molecule has 3 N–H and O–H groups in total. The van der Waals surface area contributed by atoms with Gasteiger partial charge in [0.15, 0.2) is 5.75 Å². The first-order valence-corrected chi connectivity index (χ1v) is 10.1. The number of nitrogens with one attached hydrogen (secondary N) is 1. The molecule has 0 saturated heterocycles. The lowest BCUT2D eigenvalue weighted by molar-refractivity contribution is 0.214. The lowest BCUT2D eigenvalue weighted by Crippen LogP contribution is -2.24. The van der Waals surface area contributed by atoms with Crippen LogP contribution < -0.4 is 15.2 Å². The molecule has 1 saturated carbocycles. The van der Waals surface area contributed by atoms with Crippen molar-refractivity contribution in [3.05, 3.63) is 60.3 Å². The molecule has 8 nitrogen and oxygen atoms in total. The highest BCUT2D eigenvalue weighted by Gasteiger charge is 2.25. The van der Waals surface area contributed by atoms with Crippen molar-refractivity contribution in [2.45, 2.75) is 31.2 Å². The van der Waals surface area contributed by atoms with Crippen LogP contribution in [-0.4, -0.2) is 38.4 Å². The number of aromatic amines is 1. The van der Waals surface area contributed by atoms with E-state index in [0.717, 1.165) is 29.0 Å². The molecule has 1 fully saturated rings. The number of methoxy groups -OCH3 is 1. The van der Waals surface area contributed by atoms with Crippen LogP contribution in [0.25, 0.3) is 11.0 Å². The molecule has 154 valence electrons. The number of nitrogens with zero attached hydrogens (tertiary/aromatic N) is 4. The van der Waals surface area contributed by atoms with Gasteiger partial charge >= 0.3 is 0 Å². The number of hydrogen-bond donors (Lipinski definition) is 2. The van der Waals surface area contributed by atoms with Gasteiger partial charge in [-0.2, -0.15) is 5.10 Å². The maximum atomic E-state index is 5.73. The smallest absolute Gasteiger partial charge is 0.156 e. The molecule has 2 aliphatic rings. The number of fused-ring (bicyclic) bond motifs is 2. The van der Waals surface area contributed by atoms with Crippen LogP contribution in [0.5, 0.6) is 11.5 Å². The first kappa shape index (κ1) is 18.5. The highest BCUT2D eigenvalue weighted by Crippen LogP contribution is 2.40. The van der Waals surface area contributed by atoms with Gasteiger partial charge in [0, 0.05) is 12.1 Å². The lowest BCUT2D eigenvalue weighted by atomic mass is 10.0. The molecule has 8 heteroatoms. The Morgan fingerprint density at radius 2 is 2.10 bits per heavy atom.